The van der Waals surface area contributed by atoms with Crippen molar-refractivity contribution in [3.05, 3.63) is 11.7 Å². The molecule has 0 saturated heterocycles. The number of hydrogen-bond acceptors (Lipinski definition) is 4. The molecule has 1 heterocycles. The van der Waals surface area contributed by atoms with Crippen LogP contribution in [0.3, 0.4) is 0 Å². The summed E-state index contributed by atoms with van der Waals surface area (Å²) in [4.78, 5) is 4.30. The summed E-state index contributed by atoms with van der Waals surface area (Å²) in [5.74, 6) is -0.0866. The molecule has 7 heteroatoms. The zero-order valence-electron chi connectivity index (χ0n) is 11.1. The van der Waals surface area contributed by atoms with Crippen molar-refractivity contribution >= 4 is 0 Å². The minimum absolute atomic E-state index is 0.0178. The van der Waals surface area contributed by atoms with Crippen molar-refractivity contribution in [2.24, 2.45) is 5.92 Å². The maximum absolute atomic E-state index is 12.6. The van der Waals surface area contributed by atoms with Crippen molar-refractivity contribution in [3.63, 3.8) is 0 Å². The molecular formula is C13H18F3N3O. The Bertz CT molecular complexity index is 448. The van der Waals surface area contributed by atoms with Gasteiger partial charge in [0.05, 0.1) is 12.5 Å². The molecule has 2 aliphatic carbocycles. The van der Waals surface area contributed by atoms with Gasteiger partial charge in [-0.2, -0.15) is 18.2 Å². The van der Waals surface area contributed by atoms with Gasteiger partial charge < -0.3 is 9.84 Å². The summed E-state index contributed by atoms with van der Waals surface area (Å²) in [7, 11) is 0. The molecule has 2 aliphatic rings. The number of hydrogen-bond donors (Lipinski definition) is 1. The normalized spacial score (nSPS) is 27.8. The second-order valence-corrected chi connectivity index (χ2v) is 5.79. The maximum atomic E-state index is 12.6. The third-order valence-corrected chi connectivity index (χ3v) is 4.15. The van der Waals surface area contributed by atoms with Crippen LogP contribution in [-0.4, -0.2) is 22.4 Å². The highest BCUT2D eigenvalue weighted by atomic mass is 19.4. The van der Waals surface area contributed by atoms with Gasteiger partial charge in [0.25, 0.3) is 0 Å². The molecule has 0 spiro atoms. The largest absolute Gasteiger partial charge is 0.391 e. The van der Waals surface area contributed by atoms with Crippen LogP contribution in [0.5, 0.6) is 0 Å². The smallest absolute Gasteiger partial charge is 0.339 e. The zero-order chi connectivity index (χ0) is 14.2. The fourth-order valence-electron chi connectivity index (χ4n) is 2.70. The summed E-state index contributed by atoms with van der Waals surface area (Å²) in [6, 6.07) is 0.569. The van der Waals surface area contributed by atoms with E-state index in [1.807, 2.05) is 0 Å². The summed E-state index contributed by atoms with van der Waals surface area (Å²) in [5.41, 5.74) is 0. The van der Waals surface area contributed by atoms with Crippen LogP contribution in [0.25, 0.3) is 0 Å². The van der Waals surface area contributed by atoms with E-state index in [0.717, 1.165) is 0 Å². The Labute approximate surface area is 115 Å². The van der Waals surface area contributed by atoms with Gasteiger partial charge >= 0.3 is 6.18 Å². The second-order valence-electron chi connectivity index (χ2n) is 5.79. The topological polar surface area (TPSA) is 51.0 Å². The van der Waals surface area contributed by atoms with Gasteiger partial charge in [0.1, 0.15) is 0 Å². The molecule has 0 aliphatic heterocycles. The van der Waals surface area contributed by atoms with E-state index in [1.54, 1.807) is 0 Å². The molecule has 2 fully saturated rings. The van der Waals surface area contributed by atoms with Gasteiger partial charge in [-0.25, -0.2) is 0 Å². The number of aromatic nitrogens is 2. The van der Waals surface area contributed by atoms with Gasteiger partial charge in [-0.05, 0) is 38.5 Å². The second kappa shape index (κ2) is 5.35. The molecule has 3 rings (SSSR count). The predicted molar refractivity (Wildman–Crippen MR) is 64.9 cm³/mol. The SMILES string of the molecule is FC(F)(F)C1CCC(c2nc(CNC3CC3)no2)CC1. The highest BCUT2D eigenvalue weighted by Gasteiger charge is 2.42. The third kappa shape index (κ3) is 3.31. The van der Waals surface area contributed by atoms with Crippen LogP contribution in [0.15, 0.2) is 4.52 Å². The average Bonchev–Trinajstić information content (AvgIpc) is 3.13. The molecule has 0 radical (unpaired) electrons. The van der Waals surface area contributed by atoms with Crippen LogP contribution < -0.4 is 5.32 Å². The molecule has 0 amide bonds. The first-order valence-electron chi connectivity index (χ1n) is 7.15. The van der Waals surface area contributed by atoms with Gasteiger partial charge in [-0.1, -0.05) is 5.16 Å². The van der Waals surface area contributed by atoms with Crippen LogP contribution in [0.1, 0.15) is 56.2 Å². The van der Waals surface area contributed by atoms with Crippen molar-refractivity contribution in [1.29, 1.82) is 0 Å². The Morgan fingerprint density at radius 2 is 1.80 bits per heavy atom. The van der Waals surface area contributed by atoms with E-state index in [4.69, 9.17) is 4.52 Å². The third-order valence-electron chi connectivity index (χ3n) is 4.15. The van der Waals surface area contributed by atoms with Gasteiger partial charge in [0, 0.05) is 12.0 Å². The molecule has 0 aromatic carbocycles. The van der Waals surface area contributed by atoms with Crippen LogP contribution in [0.2, 0.25) is 0 Å². The molecule has 1 aromatic rings. The summed E-state index contributed by atoms with van der Waals surface area (Å²) in [6.07, 6.45) is -0.431. The fraction of sp³-hybridized carbons (Fsp3) is 0.846. The molecule has 1 aromatic heterocycles. The van der Waals surface area contributed by atoms with Crippen molar-refractivity contribution in [1.82, 2.24) is 15.5 Å². The standard InChI is InChI=1S/C13H18F3N3O/c14-13(15,16)9-3-1-8(2-4-9)12-18-11(19-20-12)7-17-10-5-6-10/h8-10,17H,1-7H2. The zero-order valence-corrected chi connectivity index (χ0v) is 11.1. The van der Waals surface area contributed by atoms with E-state index in [1.165, 1.54) is 12.8 Å². The predicted octanol–water partition coefficient (Wildman–Crippen LogP) is 3.16. The number of rotatable bonds is 4. The molecule has 20 heavy (non-hydrogen) atoms. The lowest BCUT2D eigenvalue weighted by Crippen LogP contribution is -2.27. The monoisotopic (exact) mass is 289 g/mol. The lowest BCUT2D eigenvalue weighted by Gasteiger charge is -2.27. The van der Waals surface area contributed by atoms with Crippen LogP contribution in [-0.2, 0) is 6.54 Å². The van der Waals surface area contributed by atoms with Crippen LogP contribution in [0.4, 0.5) is 13.2 Å². The molecular weight excluding hydrogens is 271 g/mol. The van der Waals surface area contributed by atoms with Gasteiger partial charge in [0.15, 0.2) is 5.82 Å². The minimum atomic E-state index is -4.07. The molecule has 0 atom stereocenters. The summed E-state index contributed by atoms with van der Waals surface area (Å²) in [6.45, 7) is 0.575. The Morgan fingerprint density at radius 1 is 1.10 bits per heavy atom. The molecule has 0 unspecified atom stereocenters. The first-order chi connectivity index (χ1) is 9.52. The minimum Gasteiger partial charge on any atom is -0.339 e. The summed E-state index contributed by atoms with van der Waals surface area (Å²) in [5, 5.41) is 7.17. The molecule has 112 valence electrons. The summed E-state index contributed by atoms with van der Waals surface area (Å²) >= 11 is 0. The maximum Gasteiger partial charge on any atom is 0.391 e. The fourth-order valence-corrected chi connectivity index (χ4v) is 2.70. The van der Waals surface area contributed by atoms with E-state index in [9.17, 15) is 13.2 Å². The number of halogens is 3. The van der Waals surface area contributed by atoms with Crippen LogP contribution in [0, 0.1) is 5.92 Å². The Hall–Kier alpha value is -1.11. The lowest BCUT2D eigenvalue weighted by atomic mass is 9.81. The number of alkyl halides is 3. The van der Waals surface area contributed by atoms with Crippen LogP contribution >= 0.6 is 0 Å². The first kappa shape index (κ1) is 13.9. The van der Waals surface area contributed by atoms with E-state index < -0.39 is 12.1 Å². The number of nitrogens with zero attached hydrogens (tertiary/aromatic N) is 2. The molecule has 0 bridgehead atoms. The van der Waals surface area contributed by atoms with E-state index in [0.29, 0.717) is 37.1 Å². The van der Waals surface area contributed by atoms with Crippen molar-refractivity contribution in [3.8, 4) is 0 Å². The highest BCUT2D eigenvalue weighted by molar-refractivity contribution is 4.97. The summed E-state index contributed by atoms with van der Waals surface area (Å²) < 4.78 is 43.0. The lowest BCUT2D eigenvalue weighted by molar-refractivity contribution is -0.182. The van der Waals surface area contributed by atoms with Crippen molar-refractivity contribution in [2.75, 3.05) is 0 Å². The van der Waals surface area contributed by atoms with Gasteiger partial charge in [0.2, 0.25) is 5.89 Å². The molecule has 2 saturated carbocycles. The van der Waals surface area contributed by atoms with Crippen molar-refractivity contribution < 1.29 is 17.7 Å². The Morgan fingerprint density at radius 3 is 2.40 bits per heavy atom. The quantitative estimate of drug-likeness (QED) is 0.925. The number of nitrogens with one attached hydrogen (secondary N) is 1. The molecule has 1 N–H and O–H groups in total. The Kier molecular flexibility index (Phi) is 3.70. The van der Waals surface area contributed by atoms with Gasteiger partial charge in [-0.3, -0.25) is 0 Å². The van der Waals surface area contributed by atoms with E-state index in [-0.39, 0.29) is 18.8 Å². The first-order valence-corrected chi connectivity index (χ1v) is 7.15. The van der Waals surface area contributed by atoms with Gasteiger partial charge in [-0.15, -0.1) is 0 Å². The molecule has 4 nitrogen and oxygen atoms in total. The van der Waals surface area contributed by atoms with E-state index >= 15 is 0 Å². The van der Waals surface area contributed by atoms with Crippen molar-refractivity contribution in [2.45, 2.75) is 63.2 Å². The van der Waals surface area contributed by atoms with E-state index in [2.05, 4.69) is 15.5 Å². The average molecular weight is 289 g/mol. The Balaban J connectivity index is 1.52. The highest BCUT2D eigenvalue weighted by Crippen LogP contribution is 2.42.